The highest BCUT2D eigenvalue weighted by atomic mass is 19.1. The van der Waals surface area contributed by atoms with E-state index in [1.165, 1.54) is 11.6 Å². The second kappa shape index (κ2) is 8.77. The summed E-state index contributed by atoms with van der Waals surface area (Å²) in [6.45, 7) is 4.40. The van der Waals surface area contributed by atoms with E-state index in [-0.39, 0.29) is 11.7 Å². The van der Waals surface area contributed by atoms with Gasteiger partial charge in [0.15, 0.2) is 0 Å². The molecule has 1 aliphatic heterocycles. The van der Waals surface area contributed by atoms with Crippen LogP contribution in [0.5, 0.6) is 0 Å². The quantitative estimate of drug-likeness (QED) is 0.806. The van der Waals surface area contributed by atoms with Crippen LogP contribution in [0.3, 0.4) is 0 Å². The standard InChI is InChI=1S/C21H25FN2O/c22-20-9-5-4-8-19(20)10-11-21(25)24-16-14-23(15-17-24)13-12-18-6-2-1-3-7-18/h1-9H,10-17H2. The summed E-state index contributed by atoms with van der Waals surface area (Å²) in [5, 5.41) is 0. The monoisotopic (exact) mass is 340 g/mol. The molecule has 1 heterocycles. The summed E-state index contributed by atoms with van der Waals surface area (Å²) in [5.41, 5.74) is 1.98. The van der Waals surface area contributed by atoms with Crippen molar-refractivity contribution in [2.24, 2.45) is 0 Å². The number of nitrogens with zero attached hydrogens (tertiary/aromatic N) is 2. The van der Waals surface area contributed by atoms with E-state index in [4.69, 9.17) is 0 Å². The van der Waals surface area contributed by atoms with Crippen molar-refractivity contribution in [1.82, 2.24) is 9.80 Å². The van der Waals surface area contributed by atoms with Crippen molar-refractivity contribution in [2.75, 3.05) is 32.7 Å². The van der Waals surface area contributed by atoms with E-state index in [2.05, 4.69) is 29.2 Å². The maximum Gasteiger partial charge on any atom is 0.222 e. The van der Waals surface area contributed by atoms with Crippen LogP contribution >= 0.6 is 0 Å². The Hall–Kier alpha value is -2.20. The molecule has 1 amide bonds. The number of carbonyl (C=O) groups excluding carboxylic acids is 1. The van der Waals surface area contributed by atoms with Crippen LogP contribution in [0.4, 0.5) is 4.39 Å². The van der Waals surface area contributed by atoms with Crippen molar-refractivity contribution < 1.29 is 9.18 Å². The molecule has 132 valence electrons. The predicted octanol–water partition coefficient (Wildman–Crippen LogP) is 3.15. The van der Waals surface area contributed by atoms with Gasteiger partial charge in [-0.3, -0.25) is 9.69 Å². The highest BCUT2D eigenvalue weighted by Crippen LogP contribution is 2.11. The fraction of sp³-hybridized carbons (Fsp3) is 0.381. The Balaban J connectivity index is 1.39. The maximum atomic E-state index is 13.6. The number of carbonyl (C=O) groups is 1. The van der Waals surface area contributed by atoms with Gasteiger partial charge < -0.3 is 4.90 Å². The summed E-state index contributed by atoms with van der Waals surface area (Å²) in [4.78, 5) is 16.7. The van der Waals surface area contributed by atoms with Crippen molar-refractivity contribution in [2.45, 2.75) is 19.3 Å². The molecule has 3 nitrogen and oxygen atoms in total. The number of rotatable bonds is 6. The molecule has 0 unspecified atom stereocenters. The highest BCUT2D eigenvalue weighted by molar-refractivity contribution is 5.76. The van der Waals surface area contributed by atoms with Crippen molar-refractivity contribution in [1.29, 1.82) is 0 Å². The van der Waals surface area contributed by atoms with Gasteiger partial charge in [-0.1, -0.05) is 48.5 Å². The lowest BCUT2D eigenvalue weighted by atomic mass is 10.1. The summed E-state index contributed by atoms with van der Waals surface area (Å²) in [7, 11) is 0. The second-order valence-corrected chi connectivity index (χ2v) is 6.55. The first-order chi connectivity index (χ1) is 12.2. The molecule has 3 rings (SSSR count). The molecule has 0 aromatic heterocycles. The van der Waals surface area contributed by atoms with Gasteiger partial charge in [-0.15, -0.1) is 0 Å². The van der Waals surface area contributed by atoms with Gasteiger partial charge in [-0.2, -0.15) is 0 Å². The molecule has 0 radical (unpaired) electrons. The Morgan fingerprint density at radius 2 is 1.56 bits per heavy atom. The zero-order chi connectivity index (χ0) is 17.5. The number of aryl methyl sites for hydroxylation is 1. The molecule has 2 aromatic carbocycles. The van der Waals surface area contributed by atoms with Gasteiger partial charge in [0.25, 0.3) is 0 Å². The third kappa shape index (κ3) is 5.13. The van der Waals surface area contributed by atoms with E-state index in [9.17, 15) is 9.18 Å². The van der Waals surface area contributed by atoms with E-state index < -0.39 is 0 Å². The van der Waals surface area contributed by atoms with Gasteiger partial charge in [-0.25, -0.2) is 4.39 Å². The van der Waals surface area contributed by atoms with E-state index in [0.29, 0.717) is 18.4 Å². The predicted molar refractivity (Wildman–Crippen MR) is 97.9 cm³/mol. The first-order valence-electron chi connectivity index (χ1n) is 9.00. The zero-order valence-corrected chi connectivity index (χ0v) is 14.5. The van der Waals surface area contributed by atoms with Crippen molar-refractivity contribution in [3.8, 4) is 0 Å². The molecular weight excluding hydrogens is 315 g/mol. The lowest BCUT2D eigenvalue weighted by Gasteiger charge is -2.34. The number of hydrogen-bond acceptors (Lipinski definition) is 2. The number of benzene rings is 2. The lowest BCUT2D eigenvalue weighted by molar-refractivity contribution is -0.132. The summed E-state index contributed by atoms with van der Waals surface area (Å²) in [5.74, 6) is -0.0907. The van der Waals surface area contributed by atoms with Gasteiger partial charge in [0.1, 0.15) is 5.82 Å². The second-order valence-electron chi connectivity index (χ2n) is 6.55. The average molecular weight is 340 g/mol. The largest absolute Gasteiger partial charge is 0.340 e. The van der Waals surface area contributed by atoms with Crippen LogP contribution < -0.4 is 0 Å². The summed E-state index contributed by atoms with van der Waals surface area (Å²) in [6, 6.07) is 17.2. The van der Waals surface area contributed by atoms with Crippen LogP contribution in [-0.4, -0.2) is 48.4 Å². The molecule has 0 bridgehead atoms. The van der Waals surface area contributed by atoms with Crippen molar-refractivity contribution in [3.05, 3.63) is 71.5 Å². The first kappa shape index (κ1) is 17.6. The normalized spacial score (nSPS) is 15.3. The van der Waals surface area contributed by atoms with E-state index in [1.54, 1.807) is 12.1 Å². The molecule has 25 heavy (non-hydrogen) atoms. The molecule has 2 aromatic rings. The minimum atomic E-state index is -0.221. The molecule has 0 aliphatic carbocycles. The average Bonchev–Trinajstić information content (AvgIpc) is 2.67. The molecule has 0 atom stereocenters. The Morgan fingerprint density at radius 3 is 2.28 bits per heavy atom. The minimum absolute atomic E-state index is 0.131. The molecule has 0 spiro atoms. The third-order valence-electron chi connectivity index (χ3n) is 4.85. The molecule has 1 aliphatic rings. The molecule has 4 heteroatoms. The van der Waals surface area contributed by atoms with E-state index in [0.717, 1.165) is 39.1 Å². The molecular formula is C21H25FN2O. The van der Waals surface area contributed by atoms with E-state index >= 15 is 0 Å². The van der Waals surface area contributed by atoms with Crippen LogP contribution in [0, 0.1) is 5.82 Å². The summed E-state index contributed by atoms with van der Waals surface area (Å²) in [6.07, 6.45) is 1.90. The summed E-state index contributed by atoms with van der Waals surface area (Å²) < 4.78 is 13.6. The maximum absolute atomic E-state index is 13.6. The van der Waals surface area contributed by atoms with Crippen molar-refractivity contribution in [3.63, 3.8) is 0 Å². The fourth-order valence-corrected chi connectivity index (χ4v) is 3.25. The number of piperazine rings is 1. The van der Waals surface area contributed by atoms with Gasteiger partial charge in [0.05, 0.1) is 0 Å². The molecule has 0 N–H and O–H groups in total. The molecule has 1 fully saturated rings. The molecule has 1 saturated heterocycles. The Kier molecular flexibility index (Phi) is 6.18. The van der Waals surface area contributed by atoms with Crippen LogP contribution in [0.1, 0.15) is 17.5 Å². The Labute approximate surface area is 149 Å². The van der Waals surface area contributed by atoms with Gasteiger partial charge in [0.2, 0.25) is 5.91 Å². The fourth-order valence-electron chi connectivity index (χ4n) is 3.25. The first-order valence-corrected chi connectivity index (χ1v) is 9.00. The highest BCUT2D eigenvalue weighted by Gasteiger charge is 2.20. The Bertz CT molecular complexity index is 681. The smallest absolute Gasteiger partial charge is 0.222 e. The van der Waals surface area contributed by atoms with Crippen LogP contribution in [0.25, 0.3) is 0 Å². The van der Waals surface area contributed by atoms with Crippen LogP contribution in [0.2, 0.25) is 0 Å². The number of hydrogen-bond donors (Lipinski definition) is 0. The topological polar surface area (TPSA) is 23.6 Å². The minimum Gasteiger partial charge on any atom is -0.340 e. The SMILES string of the molecule is O=C(CCc1ccccc1F)N1CCN(CCc2ccccc2)CC1. The lowest BCUT2D eigenvalue weighted by Crippen LogP contribution is -2.49. The third-order valence-corrected chi connectivity index (χ3v) is 4.85. The summed E-state index contributed by atoms with van der Waals surface area (Å²) >= 11 is 0. The van der Waals surface area contributed by atoms with Crippen molar-refractivity contribution >= 4 is 5.91 Å². The zero-order valence-electron chi connectivity index (χ0n) is 14.5. The van der Waals surface area contributed by atoms with Gasteiger partial charge in [-0.05, 0) is 30.0 Å². The van der Waals surface area contributed by atoms with Crippen LogP contribution in [0.15, 0.2) is 54.6 Å². The van der Waals surface area contributed by atoms with Crippen LogP contribution in [-0.2, 0) is 17.6 Å². The van der Waals surface area contributed by atoms with Gasteiger partial charge in [0, 0.05) is 39.1 Å². The number of halogens is 1. The molecule has 0 saturated carbocycles. The van der Waals surface area contributed by atoms with E-state index in [1.807, 2.05) is 17.0 Å². The van der Waals surface area contributed by atoms with Gasteiger partial charge >= 0.3 is 0 Å². The number of amides is 1. The Morgan fingerprint density at radius 1 is 0.880 bits per heavy atom.